The maximum absolute atomic E-state index is 12.5. The van der Waals surface area contributed by atoms with Crippen molar-refractivity contribution < 1.29 is 9.59 Å². The van der Waals surface area contributed by atoms with Crippen LogP contribution in [-0.4, -0.2) is 28.1 Å². The summed E-state index contributed by atoms with van der Waals surface area (Å²) in [5.74, 6) is 0.0435. The highest BCUT2D eigenvalue weighted by Gasteiger charge is 2.21. The van der Waals surface area contributed by atoms with Gasteiger partial charge in [-0.05, 0) is 24.1 Å². The van der Waals surface area contributed by atoms with E-state index in [9.17, 15) is 9.59 Å². The van der Waals surface area contributed by atoms with Crippen LogP contribution in [-0.2, 0) is 16.8 Å². The molecule has 2 amide bonds. The zero-order valence-corrected chi connectivity index (χ0v) is 17.9. The lowest BCUT2D eigenvalue weighted by Crippen LogP contribution is -2.33. The smallest absolute Gasteiger partial charge is 0.251 e. The van der Waals surface area contributed by atoms with Crippen LogP contribution < -0.4 is 10.6 Å². The largest absolute Gasteiger partial charge is 0.343 e. The van der Waals surface area contributed by atoms with Gasteiger partial charge in [0.1, 0.15) is 5.82 Å². The number of rotatable bonds is 6. The second-order valence-electron chi connectivity index (χ2n) is 8.35. The molecule has 0 aliphatic rings. The zero-order valence-electron chi connectivity index (χ0n) is 17.9. The first kappa shape index (κ1) is 21.3. The van der Waals surface area contributed by atoms with Crippen molar-refractivity contribution in [3.8, 4) is 0 Å². The molecule has 1 heterocycles. The molecule has 6 heteroatoms. The van der Waals surface area contributed by atoms with Crippen LogP contribution in [0.1, 0.15) is 48.0 Å². The fraction of sp³-hybridized carbons (Fsp3) is 0.292. The summed E-state index contributed by atoms with van der Waals surface area (Å²) in [5, 5.41) is 10.3. The first-order valence-electron chi connectivity index (χ1n) is 10.00. The molecule has 0 aliphatic carbocycles. The molecule has 30 heavy (non-hydrogen) atoms. The highest BCUT2D eigenvalue weighted by Crippen LogP contribution is 2.24. The van der Waals surface area contributed by atoms with Gasteiger partial charge >= 0.3 is 0 Å². The molecule has 3 rings (SSSR count). The number of carbonyl (C=O) groups excluding carboxylic acids is 2. The number of anilines is 1. The molecule has 0 aliphatic heterocycles. The van der Waals surface area contributed by atoms with Gasteiger partial charge in [-0.3, -0.25) is 9.59 Å². The van der Waals surface area contributed by atoms with E-state index in [0.717, 1.165) is 16.8 Å². The number of nitrogens with zero attached hydrogens (tertiary/aromatic N) is 2. The first-order valence-corrected chi connectivity index (χ1v) is 10.00. The molecule has 3 aromatic rings. The second kappa shape index (κ2) is 8.95. The molecule has 0 unspecified atom stereocenters. The minimum atomic E-state index is -0.299. The van der Waals surface area contributed by atoms with Gasteiger partial charge in [-0.2, -0.15) is 5.10 Å². The first-order chi connectivity index (χ1) is 14.2. The molecular weight excluding hydrogens is 376 g/mol. The monoisotopic (exact) mass is 404 g/mol. The van der Waals surface area contributed by atoms with Crippen molar-refractivity contribution in [1.29, 1.82) is 0 Å². The Labute approximate surface area is 177 Å². The third-order valence-corrected chi connectivity index (χ3v) is 4.79. The van der Waals surface area contributed by atoms with E-state index in [0.29, 0.717) is 17.9 Å². The van der Waals surface area contributed by atoms with Crippen LogP contribution in [0.5, 0.6) is 0 Å². The summed E-state index contributed by atoms with van der Waals surface area (Å²) >= 11 is 0. The Morgan fingerprint density at radius 1 is 1.00 bits per heavy atom. The summed E-state index contributed by atoms with van der Waals surface area (Å²) in [4.78, 5) is 24.9. The maximum atomic E-state index is 12.5. The highest BCUT2D eigenvalue weighted by atomic mass is 16.2. The molecule has 0 saturated heterocycles. The lowest BCUT2D eigenvalue weighted by atomic mass is 9.92. The summed E-state index contributed by atoms with van der Waals surface area (Å²) in [6.45, 7) is 8.53. The lowest BCUT2D eigenvalue weighted by molar-refractivity contribution is -0.115. The molecule has 0 spiro atoms. The molecule has 0 fully saturated rings. The van der Waals surface area contributed by atoms with E-state index >= 15 is 0 Å². The Balaban J connectivity index is 1.71. The van der Waals surface area contributed by atoms with Gasteiger partial charge in [0.2, 0.25) is 5.91 Å². The van der Waals surface area contributed by atoms with Crippen molar-refractivity contribution in [1.82, 2.24) is 15.1 Å². The fourth-order valence-corrected chi connectivity index (χ4v) is 3.03. The number of carbonyl (C=O) groups is 2. The Hall–Kier alpha value is -3.41. The lowest BCUT2D eigenvalue weighted by Gasteiger charge is -2.14. The van der Waals surface area contributed by atoms with Gasteiger partial charge in [0, 0.05) is 17.0 Å². The minimum absolute atomic E-state index is 0.117. The quantitative estimate of drug-likeness (QED) is 0.654. The average molecular weight is 405 g/mol. The Morgan fingerprint density at radius 3 is 2.33 bits per heavy atom. The highest BCUT2D eigenvalue weighted by molar-refractivity contribution is 5.99. The van der Waals surface area contributed by atoms with Gasteiger partial charge in [-0.1, -0.05) is 69.3 Å². The van der Waals surface area contributed by atoms with E-state index in [1.165, 1.54) is 0 Å². The predicted octanol–water partition coefficient (Wildman–Crippen LogP) is 3.91. The molecule has 2 aromatic carbocycles. The van der Waals surface area contributed by atoms with E-state index in [1.807, 2.05) is 55.5 Å². The maximum Gasteiger partial charge on any atom is 0.251 e. The van der Waals surface area contributed by atoms with Crippen LogP contribution in [0.2, 0.25) is 0 Å². The number of nitrogens with one attached hydrogen (secondary N) is 2. The van der Waals surface area contributed by atoms with Gasteiger partial charge in [-0.25, -0.2) is 4.68 Å². The van der Waals surface area contributed by atoms with Crippen molar-refractivity contribution in [2.75, 3.05) is 11.9 Å². The minimum Gasteiger partial charge on any atom is -0.343 e. The fourth-order valence-electron chi connectivity index (χ4n) is 3.03. The van der Waals surface area contributed by atoms with Crippen molar-refractivity contribution in [3.63, 3.8) is 0 Å². The number of aromatic nitrogens is 2. The van der Waals surface area contributed by atoms with Crippen molar-refractivity contribution >= 4 is 17.6 Å². The molecule has 1 aromatic heterocycles. The third-order valence-electron chi connectivity index (χ3n) is 4.79. The topological polar surface area (TPSA) is 76.0 Å². The van der Waals surface area contributed by atoms with Crippen molar-refractivity contribution in [2.45, 2.75) is 39.7 Å². The standard InChI is InChI=1S/C24H28N4O2/c1-17-10-8-9-13-19(17)23(30)25-15-22(29)26-21-14-20(24(2,3)4)27-28(21)16-18-11-6-5-7-12-18/h5-14H,15-16H2,1-4H3,(H,25,30)(H,26,29). The summed E-state index contributed by atoms with van der Waals surface area (Å²) in [6.07, 6.45) is 0. The summed E-state index contributed by atoms with van der Waals surface area (Å²) in [5.41, 5.74) is 3.25. The zero-order chi connectivity index (χ0) is 21.7. The molecular formula is C24H28N4O2. The number of amides is 2. The van der Waals surface area contributed by atoms with Crippen LogP contribution in [0.15, 0.2) is 60.7 Å². The Kier molecular flexibility index (Phi) is 6.35. The van der Waals surface area contributed by atoms with E-state index in [-0.39, 0.29) is 23.8 Å². The molecule has 0 atom stereocenters. The normalized spacial score (nSPS) is 11.2. The molecule has 0 radical (unpaired) electrons. The third kappa shape index (κ3) is 5.35. The summed E-state index contributed by atoms with van der Waals surface area (Å²) < 4.78 is 1.79. The van der Waals surface area contributed by atoms with Crippen molar-refractivity contribution in [2.24, 2.45) is 0 Å². The van der Waals surface area contributed by atoms with Crippen LogP contribution >= 0.6 is 0 Å². The number of aryl methyl sites for hydroxylation is 1. The molecule has 2 N–H and O–H groups in total. The Bertz CT molecular complexity index is 1030. The van der Waals surface area contributed by atoms with Gasteiger partial charge in [-0.15, -0.1) is 0 Å². The summed E-state index contributed by atoms with van der Waals surface area (Å²) in [6, 6.07) is 19.1. The van der Waals surface area contributed by atoms with Gasteiger partial charge in [0.25, 0.3) is 5.91 Å². The van der Waals surface area contributed by atoms with Gasteiger partial charge < -0.3 is 10.6 Å². The average Bonchev–Trinajstić information content (AvgIpc) is 3.10. The van der Waals surface area contributed by atoms with Gasteiger partial charge in [0.05, 0.1) is 18.8 Å². The van der Waals surface area contributed by atoms with Crippen LogP contribution in [0.3, 0.4) is 0 Å². The molecule has 156 valence electrons. The SMILES string of the molecule is Cc1ccccc1C(=O)NCC(=O)Nc1cc(C(C)(C)C)nn1Cc1ccccc1. The molecule has 0 saturated carbocycles. The van der Waals surface area contributed by atoms with E-state index in [4.69, 9.17) is 5.10 Å². The van der Waals surface area contributed by atoms with Crippen LogP contribution in [0.4, 0.5) is 5.82 Å². The van der Waals surface area contributed by atoms with E-state index < -0.39 is 0 Å². The Morgan fingerprint density at radius 2 is 1.67 bits per heavy atom. The predicted molar refractivity (Wildman–Crippen MR) is 119 cm³/mol. The second-order valence-corrected chi connectivity index (χ2v) is 8.35. The van der Waals surface area contributed by atoms with Crippen molar-refractivity contribution in [3.05, 3.63) is 83.0 Å². The molecule has 0 bridgehead atoms. The summed E-state index contributed by atoms with van der Waals surface area (Å²) in [7, 11) is 0. The van der Waals surface area contributed by atoms with Crippen LogP contribution in [0, 0.1) is 6.92 Å². The molecule has 6 nitrogen and oxygen atoms in total. The van der Waals surface area contributed by atoms with Gasteiger partial charge in [0.15, 0.2) is 0 Å². The van der Waals surface area contributed by atoms with E-state index in [2.05, 4.69) is 31.4 Å². The number of hydrogen-bond acceptors (Lipinski definition) is 3. The number of benzene rings is 2. The number of hydrogen-bond donors (Lipinski definition) is 2. The van der Waals surface area contributed by atoms with E-state index in [1.54, 1.807) is 16.8 Å². The van der Waals surface area contributed by atoms with Crippen LogP contribution in [0.25, 0.3) is 0 Å².